The number of nitrogens with one attached hydrogen (secondary N) is 2. The van der Waals surface area contributed by atoms with Gasteiger partial charge < -0.3 is 50.2 Å². The number of non-ortho nitro benzene ring substituents is 2. The number of carbonyl (C=O) groups is 3. The standard InChI is InChI=1S/C20H25N3O2.C14H19N3O4.C14H21N3O2.C10H13N3O2/c1-25-20(24)11-12-22-13-15-23(16-14-22)19-9-7-18(8-10-19)21-17-5-3-2-4-6-17;1-21-14(18)6-7-15-8-10-16(11-9-15)12-2-4-13(5-3-12)17(19)20;1-19-14(18)6-7-16-8-10-17(11-9-16)13-4-2-12(15)3-5-13;14-13(15)10-3-1-9(2-4-10)12-7-5-11-6-8-12/h2-10,21H,11-16H2,1H3;2-5H,6-11H2,1H3;2-5H,6-11,15H2,1H3;1-4,11H,5-8H2. The Labute approximate surface area is 469 Å². The van der Waals surface area contributed by atoms with Gasteiger partial charge in [-0.1, -0.05) is 18.2 Å². The van der Waals surface area contributed by atoms with Crippen LogP contribution in [0.1, 0.15) is 19.3 Å². The molecule has 4 fully saturated rings. The number of para-hydroxylation sites is 1. The van der Waals surface area contributed by atoms with Gasteiger partial charge >= 0.3 is 17.9 Å². The molecule has 22 nitrogen and oxygen atoms in total. The number of benzene rings is 5. The third-order valence-electron chi connectivity index (χ3n) is 14.2. The van der Waals surface area contributed by atoms with Crippen LogP contribution in [0, 0.1) is 20.2 Å². The Morgan fingerprint density at radius 2 is 0.750 bits per heavy atom. The van der Waals surface area contributed by atoms with Crippen LogP contribution in [-0.4, -0.2) is 188 Å². The van der Waals surface area contributed by atoms with Crippen molar-refractivity contribution in [1.29, 1.82) is 0 Å². The number of nitrogens with zero attached hydrogens (tertiary/aromatic N) is 9. The molecule has 0 atom stereocenters. The second kappa shape index (κ2) is 32.8. The van der Waals surface area contributed by atoms with E-state index in [-0.39, 0.29) is 34.2 Å². The number of ether oxygens (including phenoxy) is 3. The van der Waals surface area contributed by atoms with E-state index in [0.29, 0.717) is 25.8 Å². The zero-order chi connectivity index (χ0) is 57.1. The molecule has 22 heteroatoms. The van der Waals surface area contributed by atoms with Crippen molar-refractivity contribution < 1.29 is 38.4 Å². The molecule has 0 aromatic heterocycles. The summed E-state index contributed by atoms with van der Waals surface area (Å²) in [6.07, 6.45) is 1.35. The van der Waals surface area contributed by atoms with Gasteiger partial charge in [0.2, 0.25) is 0 Å². The molecule has 9 rings (SSSR count). The summed E-state index contributed by atoms with van der Waals surface area (Å²) in [5, 5.41) is 27.8. The quantitative estimate of drug-likeness (QED) is 0.0302. The highest BCUT2D eigenvalue weighted by Crippen LogP contribution is 2.24. The lowest BCUT2D eigenvalue weighted by atomic mass is 10.2. The average molecular weight is 1100 g/mol. The molecule has 0 aliphatic carbocycles. The summed E-state index contributed by atoms with van der Waals surface area (Å²) in [6, 6.07) is 40.0. The lowest BCUT2D eigenvalue weighted by Crippen LogP contribution is -2.46. The molecule has 0 radical (unpaired) electrons. The van der Waals surface area contributed by atoms with Gasteiger partial charge in [-0.25, -0.2) is 0 Å². The second-order valence-corrected chi connectivity index (χ2v) is 19.4. The van der Waals surface area contributed by atoms with Crippen molar-refractivity contribution in [2.75, 3.05) is 176 Å². The Balaban J connectivity index is 0.000000175. The van der Waals surface area contributed by atoms with Gasteiger partial charge in [0.25, 0.3) is 11.4 Å². The summed E-state index contributed by atoms with van der Waals surface area (Å²) in [7, 11) is 4.27. The molecule has 0 saturated carbocycles. The van der Waals surface area contributed by atoms with Crippen LogP contribution < -0.4 is 36.0 Å². The van der Waals surface area contributed by atoms with Crippen LogP contribution in [0.25, 0.3) is 0 Å². The maximum Gasteiger partial charge on any atom is 0.306 e. The maximum atomic E-state index is 11.2. The number of nitrogens with two attached hydrogens (primary N) is 1. The fourth-order valence-electron chi connectivity index (χ4n) is 9.37. The summed E-state index contributed by atoms with van der Waals surface area (Å²) in [5.74, 6) is -0.460. The molecule has 0 amide bonds. The van der Waals surface area contributed by atoms with Crippen LogP contribution >= 0.6 is 0 Å². The topological polar surface area (TPSA) is 238 Å². The van der Waals surface area contributed by atoms with E-state index in [1.807, 2.05) is 42.5 Å². The van der Waals surface area contributed by atoms with E-state index in [1.54, 1.807) is 24.3 Å². The number of nitro groups is 2. The summed E-state index contributed by atoms with van der Waals surface area (Å²) < 4.78 is 14.0. The number of piperazine rings is 4. The predicted molar refractivity (Wildman–Crippen MR) is 314 cm³/mol. The molecule has 0 unspecified atom stereocenters. The van der Waals surface area contributed by atoms with Crippen LogP contribution in [0.15, 0.2) is 127 Å². The third kappa shape index (κ3) is 20.6. The van der Waals surface area contributed by atoms with Crippen molar-refractivity contribution in [2.24, 2.45) is 0 Å². The smallest absolute Gasteiger partial charge is 0.306 e. The number of hydrogen-bond donors (Lipinski definition) is 3. The summed E-state index contributed by atoms with van der Waals surface area (Å²) in [5.41, 5.74) is 13.4. The second-order valence-electron chi connectivity index (χ2n) is 19.4. The van der Waals surface area contributed by atoms with Crippen molar-refractivity contribution in [3.05, 3.63) is 148 Å². The predicted octanol–water partition coefficient (Wildman–Crippen LogP) is 6.35. The molecule has 80 heavy (non-hydrogen) atoms. The first-order valence-electron chi connectivity index (χ1n) is 27.1. The van der Waals surface area contributed by atoms with Crippen LogP contribution in [0.4, 0.5) is 51.2 Å². The number of anilines is 7. The largest absolute Gasteiger partial charge is 0.469 e. The summed E-state index contributed by atoms with van der Waals surface area (Å²) in [4.78, 5) is 69.8. The van der Waals surface area contributed by atoms with E-state index in [4.69, 9.17) is 10.5 Å². The van der Waals surface area contributed by atoms with Crippen molar-refractivity contribution >= 4 is 69.1 Å². The molecular weight excluding hydrogens is 1020 g/mol. The fraction of sp³-hybridized carbons (Fsp3) is 0.431. The van der Waals surface area contributed by atoms with Gasteiger partial charge in [0.1, 0.15) is 0 Å². The van der Waals surface area contributed by atoms with Crippen molar-refractivity contribution in [2.45, 2.75) is 19.3 Å². The molecule has 4 heterocycles. The lowest BCUT2D eigenvalue weighted by Gasteiger charge is -2.36. The first kappa shape index (κ1) is 61.2. The highest BCUT2D eigenvalue weighted by Gasteiger charge is 2.21. The minimum absolute atomic E-state index is 0.107. The first-order valence-corrected chi connectivity index (χ1v) is 27.1. The Morgan fingerprint density at radius 1 is 0.450 bits per heavy atom. The van der Waals surface area contributed by atoms with Gasteiger partial charge in [-0.2, -0.15) is 0 Å². The highest BCUT2D eigenvalue weighted by molar-refractivity contribution is 5.70. The van der Waals surface area contributed by atoms with Crippen molar-refractivity contribution in [3.63, 3.8) is 0 Å². The molecular formula is C58H78N12O10. The van der Waals surface area contributed by atoms with Gasteiger partial charge in [0.15, 0.2) is 0 Å². The zero-order valence-electron chi connectivity index (χ0n) is 46.4. The summed E-state index contributed by atoms with van der Waals surface area (Å²) >= 11 is 0. The molecule has 4 aliphatic heterocycles. The number of hydrogen-bond acceptors (Lipinski definition) is 20. The normalized spacial score (nSPS) is 15.8. The number of methoxy groups -OCH3 is 3. The SMILES string of the molecule is COC(=O)CCN1CCN(c2ccc(N)cc2)CC1.COC(=O)CCN1CCN(c2ccc(Nc3ccccc3)cc2)CC1.COC(=O)CCN1CCN(c2ccc([N+](=O)[O-])cc2)CC1.O=[N+]([O-])c1ccc(N2CCNCC2)cc1. The molecule has 430 valence electrons. The number of nitro benzene ring substituents is 2. The van der Waals surface area contributed by atoms with Gasteiger partial charge in [-0.3, -0.25) is 49.3 Å². The Kier molecular flexibility index (Phi) is 25.0. The Morgan fingerprint density at radius 3 is 1.07 bits per heavy atom. The Bertz CT molecular complexity index is 2640. The van der Waals surface area contributed by atoms with Crippen molar-refractivity contribution in [3.8, 4) is 0 Å². The number of nitrogen functional groups attached to an aromatic ring is 1. The maximum absolute atomic E-state index is 11.2. The lowest BCUT2D eigenvalue weighted by molar-refractivity contribution is -0.385. The van der Waals surface area contributed by atoms with Gasteiger partial charge in [-0.15, -0.1) is 0 Å². The van der Waals surface area contributed by atoms with Crippen LogP contribution in [0.3, 0.4) is 0 Å². The van der Waals surface area contributed by atoms with Gasteiger partial charge in [0, 0.05) is 188 Å². The van der Waals surface area contributed by atoms with Crippen molar-refractivity contribution in [1.82, 2.24) is 20.0 Å². The van der Waals surface area contributed by atoms with Gasteiger partial charge in [0.05, 0.1) is 50.4 Å². The first-order chi connectivity index (χ1) is 38.8. The zero-order valence-corrected chi connectivity index (χ0v) is 46.4. The summed E-state index contributed by atoms with van der Waals surface area (Å²) in [6.45, 7) is 17.4. The molecule has 0 bridgehead atoms. The fourth-order valence-corrected chi connectivity index (χ4v) is 9.37. The van der Waals surface area contributed by atoms with E-state index in [2.05, 4.69) is 103 Å². The number of carbonyl (C=O) groups excluding carboxylic acids is 3. The molecule has 0 spiro atoms. The van der Waals surface area contributed by atoms with E-state index in [1.165, 1.54) is 44.8 Å². The van der Waals surface area contributed by atoms with E-state index in [9.17, 15) is 34.6 Å². The Hall–Kier alpha value is -8.05. The molecule has 4 saturated heterocycles. The minimum atomic E-state index is -0.394. The van der Waals surface area contributed by atoms with E-state index in [0.717, 1.165) is 146 Å². The minimum Gasteiger partial charge on any atom is -0.469 e. The average Bonchev–Trinajstić information content (AvgIpc) is 3.51. The number of rotatable bonds is 17. The van der Waals surface area contributed by atoms with Crippen LogP contribution in [0.5, 0.6) is 0 Å². The molecule has 5 aromatic rings. The van der Waals surface area contributed by atoms with Crippen LogP contribution in [-0.2, 0) is 28.6 Å². The van der Waals surface area contributed by atoms with E-state index >= 15 is 0 Å². The molecule has 5 aromatic carbocycles. The third-order valence-corrected chi connectivity index (χ3v) is 14.2. The molecule has 4 N–H and O–H groups in total. The molecule has 4 aliphatic rings. The number of esters is 3. The monoisotopic (exact) mass is 1100 g/mol. The van der Waals surface area contributed by atoms with Gasteiger partial charge in [-0.05, 0) is 84.9 Å². The highest BCUT2D eigenvalue weighted by atomic mass is 16.6. The van der Waals surface area contributed by atoms with E-state index < -0.39 is 4.92 Å². The van der Waals surface area contributed by atoms with Crippen LogP contribution in [0.2, 0.25) is 0 Å².